The van der Waals surface area contributed by atoms with Gasteiger partial charge in [-0.2, -0.15) is 0 Å². The highest BCUT2D eigenvalue weighted by Crippen LogP contribution is 2.37. The molecule has 0 bridgehead atoms. The molecule has 0 atom stereocenters. The number of fused-ring (bicyclic) bond motifs is 2. The minimum atomic E-state index is -0.661. The Bertz CT molecular complexity index is 866. The zero-order valence-corrected chi connectivity index (χ0v) is 12.1. The van der Waals surface area contributed by atoms with Crippen LogP contribution >= 0.6 is 0 Å². The fraction of sp³-hybridized carbons (Fsp3) is 0.118. The minimum Gasteiger partial charge on any atom is -0.507 e. The molecular weight excluding hydrogens is 300 g/mol. The van der Waals surface area contributed by atoms with E-state index >= 15 is 0 Å². The maximum absolute atomic E-state index is 12.7. The third-order valence-electron chi connectivity index (χ3n) is 3.58. The molecule has 0 fully saturated rings. The van der Waals surface area contributed by atoms with E-state index in [0.717, 1.165) is 0 Å². The number of ketones is 2. The Balaban J connectivity index is 2.32. The van der Waals surface area contributed by atoms with E-state index in [1.165, 1.54) is 37.3 Å². The largest absolute Gasteiger partial charge is 0.507 e. The van der Waals surface area contributed by atoms with E-state index in [0.29, 0.717) is 5.56 Å². The van der Waals surface area contributed by atoms with Crippen LogP contribution in [0.25, 0.3) is 0 Å². The maximum Gasteiger partial charge on any atom is 0.308 e. The second-order valence-corrected chi connectivity index (χ2v) is 5.13. The summed E-state index contributed by atoms with van der Waals surface area (Å²) in [6, 6.07) is 6.93. The van der Waals surface area contributed by atoms with Crippen molar-refractivity contribution in [3.8, 4) is 11.5 Å². The lowest BCUT2D eigenvalue weighted by molar-refractivity contribution is -0.131. The van der Waals surface area contributed by atoms with E-state index in [4.69, 9.17) is 4.74 Å². The van der Waals surface area contributed by atoms with Gasteiger partial charge in [0.2, 0.25) is 5.78 Å². The average Bonchev–Trinajstić information content (AvgIpc) is 2.51. The van der Waals surface area contributed by atoms with Gasteiger partial charge >= 0.3 is 5.97 Å². The lowest BCUT2D eigenvalue weighted by Crippen LogP contribution is -2.23. The minimum absolute atomic E-state index is 0.0379. The number of ether oxygens (including phenoxy) is 1. The van der Waals surface area contributed by atoms with Gasteiger partial charge in [-0.15, -0.1) is 0 Å². The molecule has 0 saturated carbocycles. The molecular formula is C17H12O6. The molecule has 3 rings (SSSR count). The van der Waals surface area contributed by atoms with Crippen LogP contribution in [0, 0.1) is 0 Å². The molecule has 0 heterocycles. The second-order valence-electron chi connectivity index (χ2n) is 5.13. The summed E-state index contributed by atoms with van der Waals surface area (Å²) in [5, 5.41) is 19.2. The fourth-order valence-electron chi connectivity index (χ4n) is 2.65. The van der Waals surface area contributed by atoms with Crippen LogP contribution < -0.4 is 4.74 Å². The van der Waals surface area contributed by atoms with Gasteiger partial charge in [-0.3, -0.25) is 14.4 Å². The number of hydrogen-bond donors (Lipinski definition) is 2. The normalized spacial score (nSPS) is 12.6. The lowest BCUT2D eigenvalue weighted by atomic mass is 9.82. The SMILES string of the molecule is CC(=O)Oc1cc(CO)cc2c1C(=O)c1c(O)cccc1C2=O. The molecule has 0 amide bonds. The topological polar surface area (TPSA) is 101 Å². The van der Waals surface area contributed by atoms with Gasteiger partial charge < -0.3 is 14.9 Å². The van der Waals surface area contributed by atoms with Crippen LogP contribution in [0.3, 0.4) is 0 Å². The van der Waals surface area contributed by atoms with Crippen molar-refractivity contribution < 1.29 is 29.3 Å². The first-order valence-corrected chi connectivity index (χ1v) is 6.81. The summed E-state index contributed by atoms with van der Waals surface area (Å²) in [6.07, 6.45) is 0. The molecule has 0 saturated heterocycles. The van der Waals surface area contributed by atoms with Crippen molar-refractivity contribution in [1.29, 1.82) is 0 Å². The number of rotatable bonds is 2. The van der Waals surface area contributed by atoms with Crippen LogP contribution in [-0.4, -0.2) is 27.7 Å². The van der Waals surface area contributed by atoms with Crippen molar-refractivity contribution in [2.75, 3.05) is 0 Å². The quantitative estimate of drug-likeness (QED) is 0.550. The Morgan fingerprint density at radius 3 is 2.48 bits per heavy atom. The lowest BCUT2D eigenvalue weighted by Gasteiger charge is -2.21. The van der Waals surface area contributed by atoms with E-state index in [2.05, 4.69) is 0 Å². The number of phenolic OH excluding ortho intramolecular Hbond substituents is 1. The van der Waals surface area contributed by atoms with E-state index in [9.17, 15) is 24.6 Å². The molecule has 0 aromatic heterocycles. The molecule has 23 heavy (non-hydrogen) atoms. The molecule has 116 valence electrons. The summed E-state index contributed by atoms with van der Waals surface area (Å²) in [4.78, 5) is 36.6. The number of aromatic hydroxyl groups is 1. The van der Waals surface area contributed by atoms with Crippen LogP contribution in [0.1, 0.15) is 44.3 Å². The number of esters is 1. The first kappa shape index (κ1) is 14.9. The summed E-state index contributed by atoms with van der Waals surface area (Å²) < 4.78 is 5.02. The third kappa shape index (κ3) is 2.29. The molecule has 1 aliphatic rings. The summed E-state index contributed by atoms with van der Waals surface area (Å²) in [5.74, 6) is -2.16. The summed E-state index contributed by atoms with van der Waals surface area (Å²) >= 11 is 0. The molecule has 0 radical (unpaired) electrons. The molecule has 1 aliphatic carbocycles. The number of carbonyl (C=O) groups is 3. The number of benzene rings is 2. The molecule has 2 aromatic carbocycles. The zero-order chi connectivity index (χ0) is 16.7. The van der Waals surface area contributed by atoms with Crippen LogP contribution in [-0.2, 0) is 11.4 Å². The highest BCUT2D eigenvalue weighted by atomic mass is 16.5. The van der Waals surface area contributed by atoms with Crippen molar-refractivity contribution in [2.45, 2.75) is 13.5 Å². The highest BCUT2D eigenvalue weighted by Gasteiger charge is 2.35. The first-order valence-electron chi connectivity index (χ1n) is 6.81. The molecule has 6 nitrogen and oxygen atoms in total. The van der Waals surface area contributed by atoms with E-state index < -0.39 is 17.5 Å². The van der Waals surface area contributed by atoms with Gasteiger partial charge in [-0.1, -0.05) is 12.1 Å². The van der Waals surface area contributed by atoms with Gasteiger partial charge in [0.15, 0.2) is 5.78 Å². The number of aliphatic hydroxyl groups is 1. The van der Waals surface area contributed by atoms with Crippen LogP contribution in [0.15, 0.2) is 30.3 Å². The van der Waals surface area contributed by atoms with Crippen LogP contribution in [0.4, 0.5) is 0 Å². The number of carbonyl (C=O) groups excluding carboxylic acids is 3. The molecule has 6 heteroatoms. The van der Waals surface area contributed by atoms with E-state index in [1.54, 1.807) is 0 Å². The van der Waals surface area contributed by atoms with Gasteiger partial charge in [-0.25, -0.2) is 0 Å². The Hall–Kier alpha value is -2.99. The predicted molar refractivity (Wildman–Crippen MR) is 78.6 cm³/mol. The number of phenols is 1. The van der Waals surface area contributed by atoms with E-state index in [-0.39, 0.29) is 40.4 Å². The first-order chi connectivity index (χ1) is 10.9. The summed E-state index contributed by atoms with van der Waals surface area (Å²) in [7, 11) is 0. The Morgan fingerprint density at radius 1 is 1.09 bits per heavy atom. The van der Waals surface area contributed by atoms with Gasteiger partial charge in [0.05, 0.1) is 17.7 Å². The monoisotopic (exact) mass is 312 g/mol. The average molecular weight is 312 g/mol. The number of hydrogen-bond acceptors (Lipinski definition) is 6. The van der Waals surface area contributed by atoms with Crippen LogP contribution in [0.2, 0.25) is 0 Å². The maximum atomic E-state index is 12.7. The van der Waals surface area contributed by atoms with E-state index in [1.807, 2.05) is 0 Å². The Labute approximate surface area is 130 Å². The molecule has 0 spiro atoms. The predicted octanol–water partition coefficient (Wildman–Crippen LogP) is 1.59. The Morgan fingerprint density at radius 2 is 1.83 bits per heavy atom. The zero-order valence-electron chi connectivity index (χ0n) is 12.1. The van der Waals surface area contributed by atoms with Crippen molar-refractivity contribution in [2.24, 2.45) is 0 Å². The van der Waals surface area contributed by atoms with Crippen LogP contribution in [0.5, 0.6) is 11.5 Å². The smallest absolute Gasteiger partial charge is 0.308 e. The summed E-state index contributed by atoms with van der Waals surface area (Å²) in [6.45, 7) is 0.786. The van der Waals surface area contributed by atoms with Gasteiger partial charge in [-0.05, 0) is 23.8 Å². The molecule has 2 aromatic rings. The van der Waals surface area contributed by atoms with Gasteiger partial charge in [0.1, 0.15) is 11.5 Å². The van der Waals surface area contributed by atoms with Gasteiger partial charge in [0, 0.05) is 18.1 Å². The fourth-order valence-corrected chi connectivity index (χ4v) is 2.65. The third-order valence-corrected chi connectivity index (χ3v) is 3.58. The van der Waals surface area contributed by atoms with Gasteiger partial charge in [0.25, 0.3) is 0 Å². The Kier molecular flexibility index (Phi) is 3.46. The molecule has 0 aliphatic heterocycles. The van der Waals surface area contributed by atoms with Crippen molar-refractivity contribution in [1.82, 2.24) is 0 Å². The number of aliphatic hydroxyl groups excluding tert-OH is 1. The molecule has 2 N–H and O–H groups in total. The van der Waals surface area contributed by atoms with Crippen molar-refractivity contribution in [3.63, 3.8) is 0 Å². The standard InChI is InChI=1S/C17H12O6/c1-8(19)23-13-6-9(7-18)5-11-15(13)17(22)14-10(16(11)21)3-2-4-12(14)20/h2-6,18,20H,7H2,1H3. The molecule has 0 unspecified atom stereocenters. The highest BCUT2D eigenvalue weighted by molar-refractivity contribution is 6.30. The summed E-state index contributed by atoms with van der Waals surface area (Å²) in [5.41, 5.74) is 0.249. The van der Waals surface area contributed by atoms with Crippen molar-refractivity contribution >= 4 is 17.5 Å². The second kappa shape index (κ2) is 5.33. The van der Waals surface area contributed by atoms with Crippen molar-refractivity contribution in [3.05, 3.63) is 58.1 Å².